The Hall–Kier alpha value is -2.13. The first-order chi connectivity index (χ1) is 9.65. The molecule has 0 unspecified atom stereocenters. The molecule has 3 heteroatoms. The number of benzene rings is 2. The van der Waals surface area contributed by atoms with E-state index in [0.717, 1.165) is 12.1 Å². The zero-order valence-electron chi connectivity index (χ0n) is 11.3. The highest BCUT2D eigenvalue weighted by Gasteiger charge is 2.05. The van der Waals surface area contributed by atoms with Crippen LogP contribution in [-0.2, 0) is 6.54 Å². The van der Waals surface area contributed by atoms with Crippen LogP contribution in [0.5, 0.6) is 0 Å². The maximum atomic E-state index is 5.68. The molecule has 3 rings (SSSR count). The first kappa shape index (κ1) is 12.9. The molecule has 0 radical (unpaired) electrons. The van der Waals surface area contributed by atoms with Crippen LogP contribution in [0.1, 0.15) is 16.7 Å². The van der Waals surface area contributed by atoms with Crippen molar-refractivity contribution in [3.8, 4) is 0 Å². The number of hydrogen-bond donors (Lipinski definition) is 1. The lowest BCUT2D eigenvalue weighted by atomic mass is 10.1. The van der Waals surface area contributed by atoms with E-state index in [2.05, 4.69) is 54.1 Å². The molecule has 0 fully saturated rings. The quantitative estimate of drug-likeness (QED) is 0.743. The van der Waals surface area contributed by atoms with Gasteiger partial charge in [0, 0.05) is 29.2 Å². The molecule has 2 aromatic carbocycles. The predicted octanol–water partition coefficient (Wildman–Crippen LogP) is 3.63. The van der Waals surface area contributed by atoms with E-state index in [1.807, 2.05) is 12.1 Å². The van der Waals surface area contributed by atoms with Gasteiger partial charge >= 0.3 is 0 Å². The highest BCUT2D eigenvalue weighted by molar-refractivity contribution is 7.80. The molecule has 0 bridgehead atoms. The zero-order chi connectivity index (χ0) is 14.1. The van der Waals surface area contributed by atoms with Crippen molar-refractivity contribution in [1.29, 1.82) is 0 Å². The molecule has 2 N–H and O–H groups in total. The summed E-state index contributed by atoms with van der Waals surface area (Å²) in [4.78, 5) is 0.443. The summed E-state index contributed by atoms with van der Waals surface area (Å²) < 4.78 is 2.25. The van der Waals surface area contributed by atoms with Gasteiger partial charge in [0.05, 0.1) is 0 Å². The third kappa shape index (κ3) is 2.32. The van der Waals surface area contributed by atoms with Crippen molar-refractivity contribution >= 4 is 28.1 Å². The van der Waals surface area contributed by atoms with Gasteiger partial charge in [0.15, 0.2) is 0 Å². The van der Waals surface area contributed by atoms with Crippen LogP contribution in [0.3, 0.4) is 0 Å². The average molecular weight is 280 g/mol. The lowest BCUT2D eigenvalue weighted by Crippen LogP contribution is -2.08. The normalized spacial score (nSPS) is 10.8. The maximum absolute atomic E-state index is 5.68. The first-order valence-electron chi connectivity index (χ1n) is 6.58. The second kappa shape index (κ2) is 5.10. The fraction of sp³-hybridized carbons (Fsp3) is 0.118. The Morgan fingerprint density at radius 1 is 1.15 bits per heavy atom. The van der Waals surface area contributed by atoms with E-state index in [0.29, 0.717) is 4.99 Å². The summed E-state index contributed by atoms with van der Waals surface area (Å²) in [6, 6.07) is 16.7. The summed E-state index contributed by atoms with van der Waals surface area (Å²) in [6.45, 7) is 3.02. The fourth-order valence-electron chi connectivity index (χ4n) is 2.46. The third-order valence-electron chi connectivity index (χ3n) is 3.66. The number of fused-ring (bicyclic) bond motifs is 1. The van der Waals surface area contributed by atoms with Crippen molar-refractivity contribution in [2.24, 2.45) is 5.73 Å². The van der Waals surface area contributed by atoms with Crippen molar-refractivity contribution in [3.63, 3.8) is 0 Å². The number of thiocarbonyl (C=S) groups is 1. The standard InChI is InChI=1S/C17H16N2S/c1-12-4-2-3-5-15(12)11-19-9-8-13-10-14(17(18)20)6-7-16(13)19/h2-10H,11H2,1H3,(H2,18,20). The Morgan fingerprint density at radius 3 is 2.70 bits per heavy atom. The summed E-state index contributed by atoms with van der Waals surface area (Å²) in [5.41, 5.74) is 10.4. The van der Waals surface area contributed by atoms with Crippen molar-refractivity contribution < 1.29 is 0 Å². The van der Waals surface area contributed by atoms with Gasteiger partial charge in [-0.05, 0) is 42.3 Å². The molecule has 2 nitrogen and oxygen atoms in total. The first-order valence-corrected chi connectivity index (χ1v) is 6.99. The number of rotatable bonds is 3. The van der Waals surface area contributed by atoms with Crippen LogP contribution < -0.4 is 5.73 Å². The molecule has 0 aliphatic carbocycles. The minimum Gasteiger partial charge on any atom is -0.389 e. The van der Waals surface area contributed by atoms with Crippen molar-refractivity contribution in [1.82, 2.24) is 4.57 Å². The van der Waals surface area contributed by atoms with Crippen LogP contribution in [0.4, 0.5) is 0 Å². The lowest BCUT2D eigenvalue weighted by molar-refractivity contribution is 0.830. The summed E-state index contributed by atoms with van der Waals surface area (Å²) >= 11 is 5.02. The van der Waals surface area contributed by atoms with Gasteiger partial charge in [-0.15, -0.1) is 0 Å². The van der Waals surface area contributed by atoms with E-state index in [9.17, 15) is 0 Å². The summed E-state index contributed by atoms with van der Waals surface area (Å²) in [7, 11) is 0. The Kier molecular flexibility index (Phi) is 3.28. The van der Waals surface area contributed by atoms with Crippen LogP contribution in [0.15, 0.2) is 54.7 Å². The molecule has 1 heterocycles. The van der Waals surface area contributed by atoms with Gasteiger partial charge in [-0.3, -0.25) is 0 Å². The minimum atomic E-state index is 0.443. The van der Waals surface area contributed by atoms with Gasteiger partial charge < -0.3 is 10.3 Å². The number of nitrogens with two attached hydrogens (primary N) is 1. The van der Waals surface area contributed by atoms with Crippen molar-refractivity contribution in [2.75, 3.05) is 0 Å². The number of nitrogens with zero attached hydrogens (tertiary/aromatic N) is 1. The number of aromatic nitrogens is 1. The molecule has 1 aromatic heterocycles. The Balaban J connectivity index is 2.01. The number of aryl methyl sites for hydroxylation is 1. The highest BCUT2D eigenvalue weighted by Crippen LogP contribution is 2.20. The second-order valence-electron chi connectivity index (χ2n) is 5.01. The highest BCUT2D eigenvalue weighted by atomic mass is 32.1. The predicted molar refractivity (Wildman–Crippen MR) is 88.1 cm³/mol. The van der Waals surface area contributed by atoms with E-state index in [1.165, 1.54) is 22.0 Å². The molecule has 0 atom stereocenters. The van der Waals surface area contributed by atoms with E-state index >= 15 is 0 Å². The molecular formula is C17H16N2S. The van der Waals surface area contributed by atoms with Gasteiger partial charge in [0.25, 0.3) is 0 Å². The van der Waals surface area contributed by atoms with E-state index in [1.54, 1.807) is 0 Å². The molecule has 0 aliphatic heterocycles. The average Bonchev–Trinajstić information content (AvgIpc) is 2.84. The third-order valence-corrected chi connectivity index (χ3v) is 3.89. The van der Waals surface area contributed by atoms with Gasteiger partial charge in [-0.25, -0.2) is 0 Å². The van der Waals surface area contributed by atoms with Gasteiger partial charge in [0.1, 0.15) is 4.99 Å². The summed E-state index contributed by atoms with van der Waals surface area (Å²) in [5, 5.41) is 1.17. The molecule has 0 saturated heterocycles. The van der Waals surface area contributed by atoms with Crippen LogP contribution in [0.25, 0.3) is 10.9 Å². The van der Waals surface area contributed by atoms with Crippen molar-refractivity contribution in [3.05, 3.63) is 71.4 Å². The zero-order valence-corrected chi connectivity index (χ0v) is 12.2. The smallest absolute Gasteiger partial charge is 0.104 e. The molecule has 0 saturated carbocycles. The topological polar surface area (TPSA) is 30.9 Å². The molecule has 0 spiro atoms. The van der Waals surface area contributed by atoms with Gasteiger partial charge in [0.2, 0.25) is 0 Å². The second-order valence-corrected chi connectivity index (χ2v) is 5.45. The Bertz CT molecular complexity index is 787. The molecular weight excluding hydrogens is 264 g/mol. The largest absolute Gasteiger partial charge is 0.389 e. The van der Waals surface area contributed by atoms with Crippen LogP contribution in [0.2, 0.25) is 0 Å². The molecule has 0 amide bonds. The Labute approximate surface area is 123 Å². The van der Waals surface area contributed by atoms with E-state index in [4.69, 9.17) is 18.0 Å². The molecule has 100 valence electrons. The fourth-order valence-corrected chi connectivity index (χ4v) is 2.59. The van der Waals surface area contributed by atoms with Gasteiger partial charge in [-0.2, -0.15) is 0 Å². The lowest BCUT2D eigenvalue weighted by Gasteiger charge is -2.09. The van der Waals surface area contributed by atoms with Crippen LogP contribution in [-0.4, -0.2) is 9.56 Å². The summed E-state index contributed by atoms with van der Waals surface area (Å²) in [5.74, 6) is 0. The minimum absolute atomic E-state index is 0.443. The van der Waals surface area contributed by atoms with Crippen molar-refractivity contribution in [2.45, 2.75) is 13.5 Å². The Morgan fingerprint density at radius 2 is 1.95 bits per heavy atom. The van der Waals surface area contributed by atoms with Gasteiger partial charge in [-0.1, -0.05) is 36.5 Å². The molecule has 3 aromatic rings. The number of hydrogen-bond acceptors (Lipinski definition) is 1. The van der Waals surface area contributed by atoms with E-state index in [-0.39, 0.29) is 0 Å². The van der Waals surface area contributed by atoms with Crippen LogP contribution >= 0.6 is 12.2 Å². The summed E-state index contributed by atoms with van der Waals surface area (Å²) in [6.07, 6.45) is 2.11. The SMILES string of the molecule is Cc1ccccc1Cn1ccc2cc(C(N)=S)ccc21. The maximum Gasteiger partial charge on any atom is 0.104 e. The molecule has 0 aliphatic rings. The van der Waals surface area contributed by atoms with Crippen LogP contribution in [0, 0.1) is 6.92 Å². The monoisotopic (exact) mass is 280 g/mol. The molecule has 20 heavy (non-hydrogen) atoms. The van der Waals surface area contributed by atoms with E-state index < -0.39 is 0 Å².